The predicted molar refractivity (Wildman–Crippen MR) is 141 cm³/mol. The van der Waals surface area contributed by atoms with Crippen molar-refractivity contribution in [1.29, 1.82) is 0 Å². The van der Waals surface area contributed by atoms with Crippen molar-refractivity contribution in [3.63, 3.8) is 0 Å². The number of piperidine rings is 1. The molecule has 3 heterocycles. The molecule has 14 heteroatoms. The van der Waals surface area contributed by atoms with Crippen molar-refractivity contribution in [3.05, 3.63) is 30.1 Å². The molecule has 0 aromatic carbocycles. The Hall–Kier alpha value is -3.58. The van der Waals surface area contributed by atoms with Crippen LogP contribution >= 0.6 is 0 Å². The Kier molecular flexibility index (Phi) is 9.92. The van der Waals surface area contributed by atoms with Gasteiger partial charge in [0.25, 0.3) is 5.91 Å². The van der Waals surface area contributed by atoms with Crippen LogP contribution in [0.25, 0.3) is 11.3 Å². The van der Waals surface area contributed by atoms with Crippen LogP contribution in [0.3, 0.4) is 0 Å². The van der Waals surface area contributed by atoms with E-state index in [1.807, 2.05) is 0 Å². The van der Waals surface area contributed by atoms with Gasteiger partial charge >= 0.3 is 12.1 Å². The molecule has 2 N–H and O–H groups in total. The number of ether oxygens (including phenoxy) is 1. The van der Waals surface area contributed by atoms with E-state index in [4.69, 9.17) is 0 Å². The van der Waals surface area contributed by atoms with Gasteiger partial charge in [0.1, 0.15) is 24.3 Å². The fraction of sp³-hybridized carbons (Fsp3) is 0.593. The van der Waals surface area contributed by atoms with Gasteiger partial charge in [-0.05, 0) is 57.1 Å². The highest BCUT2D eigenvalue weighted by Crippen LogP contribution is 2.31. The van der Waals surface area contributed by atoms with Crippen molar-refractivity contribution < 1.29 is 36.3 Å². The van der Waals surface area contributed by atoms with Gasteiger partial charge in [0.2, 0.25) is 5.95 Å². The Bertz CT molecular complexity index is 1180. The highest BCUT2D eigenvalue weighted by molar-refractivity contribution is 5.94. The number of rotatable bonds is 9. The molecule has 224 valence electrons. The molecule has 0 spiro atoms. The summed E-state index contributed by atoms with van der Waals surface area (Å²) in [5.41, 5.74) is 1.33. The van der Waals surface area contributed by atoms with Crippen LogP contribution in [0.2, 0.25) is 0 Å². The molecule has 0 radical (unpaired) electrons. The zero-order chi connectivity index (χ0) is 29.6. The number of carbonyl (C=O) groups is 2. The number of likely N-dealkylation sites (tertiary alicyclic amines) is 1. The van der Waals surface area contributed by atoms with Crippen LogP contribution in [0.4, 0.5) is 33.7 Å². The number of amides is 1. The number of hydrogen-bond donors (Lipinski definition) is 2. The minimum absolute atomic E-state index is 0.0136. The summed E-state index contributed by atoms with van der Waals surface area (Å²) in [5, 5.41) is 6.15. The third-order valence-electron chi connectivity index (χ3n) is 7.23. The van der Waals surface area contributed by atoms with E-state index < -0.39 is 30.6 Å². The highest BCUT2D eigenvalue weighted by atomic mass is 19.4. The zero-order valence-electron chi connectivity index (χ0n) is 22.6. The van der Waals surface area contributed by atoms with E-state index in [1.54, 1.807) is 24.0 Å². The lowest BCUT2D eigenvalue weighted by Crippen LogP contribution is -2.39. The number of pyridine rings is 1. The molecular formula is C27H33F5N6O3. The second-order valence-electron chi connectivity index (χ2n) is 10.3. The van der Waals surface area contributed by atoms with Gasteiger partial charge in [-0.2, -0.15) is 18.2 Å². The van der Waals surface area contributed by atoms with Crippen molar-refractivity contribution in [3.8, 4) is 11.3 Å². The maximum atomic E-state index is 13.8. The van der Waals surface area contributed by atoms with Gasteiger partial charge in [0.15, 0.2) is 0 Å². The van der Waals surface area contributed by atoms with E-state index in [1.165, 1.54) is 12.4 Å². The van der Waals surface area contributed by atoms with E-state index in [0.29, 0.717) is 67.8 Å². The monoisotopic (exact) mass is 584 g/mol. The molecule has 1 amide bonds. The molecule has 2 fully saturated rings. The first-order chi connectivity index (χ1) is 19.5. The second-order valence-corrected chi connectivity index (χ2v) is 10.3. The first-order valence-electron chi connectivity index (χ1n) is 13.7. The third kappa shape index (κ3) is 8.23. The highest BCUT2D eigenvalue weighted by Gasteiger charge is 2.42. The first-order valence-corrected chi connectivity index (χ1v) is 13.7. The molecule has 1 aliphatic carbocycles. The number of nitrogens with one attached hydrogen (secondary N) is 2. The Morgan fingerprint density at radius 2 is 1.78 bits per heavy atom. The van der Waals surface area contributed by atoms with Crippen LogP contribution in [0.15, 0.2) is 24.5 Å². The molecule has 2 aromatic heterocycles. The largest absolute Gasteiger partial charge is 0.490 e. The molecule has 0 unspecified atom stereocenters. The molecule has 2 aliphatic rings. The maximum Gasteiger partial charge on any atom is 0.490 e. The van der Waals surface area contributed by atoms with Gasteiger partial charge in [0.05, 0.1) is 16.8 Å². The number of halogens is 5. The fourth-order valence-electron chi connectivity index (χ4n) is 4.76. The maximum absolute atomic E-state index is 13.8. The van der Waals surface area contributed by atoms with Crippen molar-refractivity contribution in [2.75, 3.05) is 30.3 Å². The van der Waals surface area contributed by atoms with Crippen LogP contribution in [-0.2, 0) is 9.53 Å². The van der Waals surface area contributed by atoms with Gasteiger partial charge in [-0.15, -0.1) is 0 Å². The molecule has 1 atom stereocenters. The summed E-state index contributed by atoms with van der Waals surface area (Å²) in [7, 11) is 0. The smallest absolute Gasteiger partial charge is 0.456 e. The summed E-state index contributed by atoms with van der Waals surface area (Å²) in [6.45, 7) is 2.41. The van der Waals surface area contributed by atoms with E-state index in [-0.39, 0.29) is 37.3 Å². The summed E-state index contributed by atoms with van der Waals surface area (Å²) in [4.78, 5) is 38.8. The van der Waals surface area contributed by atoms with Crippen LogP contribution in [0.5, 0.6) is 0 Å². The Morgan fingerprint density at radius 3 is 2.39 bits per heavy atom. The van der Waals surface area contributed by atoms with Gasteiger partial charge in [-0.3, -0.25) is 9.78 Å². The molecular weight excluding hydrogens is 551 g/mol. The van der Waals surface area contributed by atoms with E-state index in [2.05, 4.69) is 30.3 Å². The summed E-state index contributed by atoms with van der Waals surface area (Å²) in [6, 6.07) is 3.08. The topological polar surface area (TPSA) is 109 Å². The normalized spacial score (nSPS) is 20.8. The average Bonchev–Trinajstić information content (AvgIpc) is 2.96. The second kappa shape index (κ2) is 13.4. The molecule has 41 heavy (non-hydrogen) atoms. The number of hydrogen-bond acceptors (Lipinski definition) is 8. The standard InChI is InChI=1S/C27H33F5N6O3/c1-2-17(28)14-34-26-35-15-21(22-8-3-16(13-33-22)24(39)38-11-9-18(29)10-12-38)23(37-26)36-19-4-6-20(7-5-19)41-25(40)27(30,31)32/h3,8,13,15,17-20H,2,4-7,9-12,14H2,1H3,(H2,34,35,36,37)/t17-,19?,20?/m0/s1. The Morgan fingerprint density at radius 1 is 1.07 bits per heavy atom. The number of aromatic nitrogens is 3. The molecule has 1 saturated carbocycles. The SMILES string of the molecule is CC[C@H](F)CNc1ncc(-c2ccc(C(=O)N3CCC(F)CC3)cn2)c(NC2CCC(OC(=O)C(F)(F)F)CC2)n1. The summed E-state index contributed by atoms with van der Waals surface area (Å²) in [6.07, 6.45) is -2.67. The zero-order valence-corrected chi connectivity index (χ0v) is 22.6. The van der Waals surface area contributed by atoms with Gasteiger partial charge in [-0.1, -0.05) is 6.92 Å². The van der Waals surface area contributed by atoms with E-state index in [0.717, 1.165) is 0 Å². The minimum atomic E-state index is -5.04. The average molecular weight is 585 g/mol. The third-order valence-corrected chi connectivity index (χ3v) is 7.23. The predicted octanol–water partition coefficient (Wildman–Crippen LogP) is 5.10. The van der Waals surface area contributed by atoms with Gasteiger partial charge in [0, 0.05) is 38.1 Å². The number of carbonyl (C=O) groups excluding carboxylic acids is 2. The van der Waals surface area contributed by atoms with Crippen LogP contribution in [-0.4, -0.2) is 82.0 Å². The van der Waals surface area contributed by atoms with Crippen molar-refractivity contribution in [2.24, 2.45) is 0 Å². The summed E-state index contributed by atoms with van der Waals surface area (Å²) >= 11 is 0. The quantitative estimate of drug-likeness (QED) is 0.310. The van der Waals surface area contributed by atoms with Crippen LogP contribution < -0.4 is 10.6 Å². The first kappa shape index (κ1) is 30.4. The number of alkyl halides is 5. The molecule has 2 aromatic rings. The van der Waals surface area contributed by atoms with Gasteiger partial charge < -0.3 is 20.3 Å². The van der Waals surface area contributed by atoms with Crippen molar-refractivity contribution >= 4 is 23.6 Å². The number of nitrogens with zero attached hydrogens (tertiary/aromatic N) is 4. The Labute approximate surface area is 234 Å². The molecule has 1 aliphatic heterocycles. The van der Waals surface area contributed by atoms with E-state index in [9.17, 15) is 31.5 Å². The molecule has 0 bridgehead atoms. The van der Waals surface area contributed by atoms with Crippen LogP contribution in [0.1, 0.15) is 62.2 Å². The number of anilines is 2. The summed E-state index contributed by atoms with van der Waals surface area (Å²) in [5.74, 6) is -1.87. The lowest BCUT2D eigenvalue weighted by molar-refractivity contribution is -0.206. The molecule has 9 nitrogen and oxygen atoms in total. The van der Waals surface area contributed by atoms with Crippen LogP contribution in [0, 0.1) is 0 Å². The summed E-state index contributed by atoms with van der Waals surface area (Å²) < 4.78 is 69.5. The molecule has 4 rings (SSSR count). The van der Waals surface area contributed by atoms with Gasteiger partial charge in [-0.25, -0.2) is 18.6 Å². The van der Waals surface area contributed by atoms with E-state index >= 15 is 0 Å². The lowest BCUT2D eigenvalue weighted by atomic mass is 9.92. The fourth-order valence-corrected chi connectivity index (χ4v) is 4.76. The minimum Gasteiger partial charge on any atom is -0.456 e. The Balaban J connectivity index is 1.48. The lowest BCUT2D eigenvalue weighted by Gasteiger charge is -2.30. The molecule has 1 saturated heterocycles. The van der Waals surface area contributed by atoms with Crippen molar-refractivity contribution in [2.45, 2.75) is 82.5 Å². The van der Waals surface area contributed by atoms with Crippen molar-refractivity contribution in [1.82, 2.24) is 19.9 Å². The number of esters is 1.